The first-order chi connectivity index (χ1) is 12.7. The molecule has 0 atom stereocenters. The van der Waals surface area contributed by atoms with Crippen LogP contribution in [0.15, 0.2) is 67.1 Å². The fourth-order valence-corrected chi connectivity index (χ4v) is 2.73. The van der Waals surface area contributed by atoms with Gasteiger partial charge in [-0.05, 0) is 36.4 Å². The number of halogens is 1. The number of aromatic amines is 1. The Morgan fingerprint density at radius 2 is 2.00 bits per heavy atom. The van der Waals surface area contributed by atoms with E-state index in [1.807, 2.05) is 30.5 Å². The third-order valence-electron chi connectivity index (χ3n) is 3.77. The molecular weight excluding hydrogens is 352 g/mol. The second kappa shape index (κ2) is 6.85. The summed E-state index contributed by atoms with van der Waals surface area (Å²) in [6.45, 7) is 0. The number of ether oxygens (including phenoxy) is 1. The van der Waals surface area contributed by atoms with Crippen molar-refractivity contribution < 1.29 is 9.53 Å². The van der Waals surface area contributed by atoms with Gasteiger partial charge in [-0.15, -0.1) is 0 Å². The van der Waals surface area contributed by atoms with E-state index in [1.165, 1.54) is 12.4 Å². The average Bonchev–Trinajstić information content (AvgIpc) is 3.13. The predicted octanol–water partition coefficient (Wildman–Crippen LogP) is 4.66. The van der Waals surface area contributed by atoms with E-state index in [0.717, 1.165) is 10.9 Å². The molecule has 1 amide bonds. The van der Waals surface area contributed by atoms with E-state index in [9.17, 15) is 4.79 Å². The molecule has 1 aromatic carbocycles. The topological polar surface area (TPSA) is 79.9 Å². The van der Waals surface area contributed by atoms with Crippen molar-refractivity contribution in [3.63, 3.8) is 0 Å². The van der Waals surface area contributed by atoms with Gasteiger partial charge in [0.15, 0.2) is 0 Å². The largest absolute Gasteiger partial charge is 0.438 e. The van der Waals surface area contributed by atoms with Gasteiger partial charge in [0.25, 0.3) is 5.91 Å². The number of anilines is 1. The van der Waals surface area contributed by atoms with Crippen molar-refractivity contribution in [2.75, 3.05) is 5.32 Å². The van der Waals surface area contributed by atoms with Crippen molar-refractivity contribution in [1.29, 1.82) is 0 Å². The number of fused-ring (bicyclic) bond motifs is 1. The van der Waals surface area contributed by atoms with Gasteiger partial charge in [-0.2, -0.15) is 0 Å². The Morgan fingerprint density at radius 1 is 1.08 bits per heavy atom. The molecule has 4 aromatic rings. The SMILES string of the molecule is O=C(Nc1ccc(Oc2cccc3[nH]ccc23)nc1)c1cccnc1Cl. The average molecular weight is 365 g/mol. The Balaban J connectivity index is 1.49. The zero-order valence-electron chi connectivity index (χ0n) is 13.4. The molecule has 0 radical (unpaired) electrons. The van der Waals surface area contributed by atoms with Crippen LogP contribution in [-0.4, -0.2) is 20.9 Å². The van der Waals surface area contributed by atoms with E-state index in [-0.39, 0.29) is 11.1 Å². The van der Waals surface area contributed by atoms with Crippen molar-refractivity contribution in [1.82, 2.24) is 15.0 Å². The van der Waals surface area contributed by atoms with Crippen molar-refractivity contribution in [3.05, 3.63) is 77.8 Å². The maximum Gasteiger partial charge on any atom is 0.258 e. The molecule has 0 fully saturated rings. The predicted molar refractivity (Wildman–Crippen MR) is 99.8 cm³/mol. The number of amides is 1. The quantitative estimate of drug-likeness (QED) is 0.516. The van der Waals surface area contributed by atoms with Crippen LogP contribution in [0.5, 0.6) is 11.6 Å². The lowest BCUT2D eigenvalue weighted by atomic mass is 10.2. The van der Waals surface area contributed by atoms with Crippen LogP contribution in [0.4, 0.5) is 5.69 Å². The summed E-state index contributed by atoms with van der Waals surface area (Å²) < 4.78 is 5.84. The fraction of sp³-hybridized carbons (Fsp3) is 0. The van der Waals surface area contributed by atoms with E-state index >= 15 is 0 Å². The van der Waals surface area contributed by atoms with E-state index in [4.69, 9.17) is 16.3 Å². The Hall–Kier alpha value is -3.38. The molecule has 3 aromatic heterocycles. The van der Waals surface area contributed by atoms with Gasteiger partial charge in [0, 0.05) is 29.4 Å². The lowest BCUT2D eigenvalue weighted by Gasteiger charge is -2.08. The number of benzene rings is 1. The summed E-state index contributed by atoms with van der Waals surface area (Å²) in [5.74, 6) is 0.780. The maximum absolute atomic E-state index is 12.2. The molecule has 0 saturated carbocycles. The Bertz CT molecular complexity index is 1080. The second-order valence-electron chi connectivity index (χ2n) is 5.48. The lowest BCUT2D eigenvalue weighted by molar-refractivity contribution is 0.102. The number of rotatable bonds is 4. The number of pyridine rings is 2. The number of aromatic nitrogens is 3. The first kappa shape index (κ1) is 16.1. The summed E-state index contributed by atoms with van der Waals surface area (Å²) in [4.78, 5) is 23.5. The summed E-state index contributed by atoms with van der Waals surface area (Å²) in [7, 11) is 0. The van der Waals surface area contributed by atoms with Crippen molar-refractivity contribution in [2.24, 2.45) is 0 Å². The van der Waals surface area contributed by atoms with Crippen LogP contribution in [0.25, 0.3) is 10.9 Å². The normalized spacial score (nSPS) is 10.7. The van der Waals surface area contributed by atoms with E-state index in [2.05, 4.69) is 20.3 Å². The number of hydrogen-bond acceptors (Lipinski definition) is 4. The van der Waals surface area contributed by atoms with Crippen molar-refractivity contribution in [2.45, 2.75) is 0 Å². The number of H-pyrrole nitrogens is 1. The molecule has 0 spiro atoms. The van der Waals surface area contributed by atoms with Gasteiger partial charge in [0.05, 0.1) is 17.4 Å². The summed E-state index contributed by atoms with van der Waals surface area (Å²) in [5.41, 5.74) is 1.82. The van der Waals surface area contributed by atoms with Crippen LogP contribution < -0.4 is 10.1 Å². The fourth-order valence-electron chi connectivity index (χ4n) is 2.53. The first-order valence-electron chi connectivity index (χ1n) is 7.82. The Kier molecular flexibility index (Phi) is 4.25. The molecule has 0 unspecified atom stereocenters. The van der Waals surface area contributed by atoms with Crippen LogP contribution in [0.1, 0.15) is 10.4 Å². The van der Waals surface area contributed by atoms with Gasteiger partial charge < -0.3 is 15.0 Å². The number of carbonyl (C=O) groups excluding carboxylic acids is 1. The third kappa shape index (κ3) is 3.22. The molecule has 4 rings (SSSR count). The smallest absolute Gasteiger partial charge is 0.258 e. The van der Waals surface area contributed by atoms with Crippen LogP contribution in [0, 0.1) is 0 Å². The summed E-state index contributed by atoms with van der Waals surface area (Å²) >= 11 is 5.93. The standard InChI is InChI=1S/C19H13ClN4O2/c20-18-14(3-2-9-22-18)19(25)24-12-6-7-17(23-11-12)26-16-5-1-4-15-13(16)8-10-21-15/h1-11,21H,(H,24,25). The van der Waals surface area contributed by atoms with Crippen molar-refractivity contribution >= 4 is 34.1 Å². The second-order valence-corrected chi connectivity index (χ2v) is 5.84. The molecule has 0 aliphatic heterocycles. The van der Waals surface area contributed by atoms with Crippen LogP contribution in [-0.2, 0) is 0 Å². The zero-order chi connectivity index (χ0) is 17.9. The molecule has 128 valence electrons. The molecule has 0 bridgehead atoms. The Morgan fingerprint density at radius 3 is 2.81 bits per heavy atom. The van der Waals surface area contributed by atoms with Gasteiger partial charge in [0.1, 0.15) is 10.9 Å². The monoisotopic (exact) mass is 364 g/mol. The van der Waals surface area contributed by atoms with Gasteiger partial charge in [-0.25, -0.2) is 9.97 Å². The number of hydrogen-bond donors (Lipinski definition) is 2. The van der Waals surface area contributed by atoms with Crippen LogP contribution in [0.3, 0.4) is 0 Å². The Labute approximate surface area is 153 Å². The molecule has 0 aliphatic carbocycles. The minimum Gasteiger partial charge on any atom is -0.438 e. The van der Waals surface area contributed by atoms with Gasteiger partial charge in [0.2, 0.25) is 5.88 Å². The van der Waals surface area contributed by atoms with Gasteiger partial charge in [-0.1, -0.05) is 17.7 Å². The molecule has 7 heteroatoms. The van der Waals surface area contributed by atoms with E-state index < -0.39 is 0 Å². The molecule has 26 heavy (non-hydrogen) atoms. The zero-order valence-corrected chi connectivity index (χ0v) is 14.2. The molecule has 0 saturated heterocycles. The number of carbonyl (C=O) groups is 1. The van der Waals surface area contributed by atoms with Gasteiger partial charge in [-0.3, -0.25) is 4.79 Å². The van der Waals surface area contributed by atoms with Crippen LogP contribution >= 0.6 is 11.6 Å². The molecular formula is C19H13ClN4O2. The molecule has 6 nitrogen and oxygen atoms in total. The van der Waals surface area contributed by atoms with Gasteiger partial charge >= 0.3 is 0 Å². The molecule has 3 heterocycles. The number of nitrogens with zero attached hydrogens (tertiary/aromatic N) is 2. The van der Waals surface area contributed by atoms with E-state index in [0.29, 0.717) is 22.9 Å². The summed E-state index contributed by atoms with van der Waals surface area (Å²) in [5, 5.41) is 3.85. The third-order valence-corrected chi connectivity index (χ3v) is 4.07. The highest BCUT2D eigenvalue weighted by molar-refractivity contribution is 6.33. The minimum atomic E-state index is -0.351. The summed E-state index contributed by atoms with van der Waals surface area (Å²) in [6.07, 6.45) is 4.90. The first-order valence-corrected chi connectivity index (χ1v) is 8.20. The highest BCUT2D eigenvalue weighted by Crippen LogP contribution is 2.28. The lowest BCUT2D eigenvalue weighted by Crippen LogP contribution is -2.13. The minimum absolute atomic E-state index is 0.150. The highest BCUT2D eigenvalue weighted by Gasteiger charge is 2.11. The summed E-state index contributed by atoms with van der Waals surface area (Å²) in [6, 6.07) is 14.3. The van der Waals surface area contributed by atoms with Crippen LogP contribution in [0.2, 0.25) is 5.15 Å². The number of nitrogens with one attached hydrogen (secondary N) is 2. The molecule has 2 N–H and O–H groups in total. The maximum atomic E-state index is 12.2. The highest BCUT2D eigenvalue weighted by atomic mass is 35.5. The molecule has 0 aliphatic rings. The van der Waals surface area contributed by atoms with Crippen molar-refractivity contribution in [3.8, 4) is 11.6 Å². The van der Waals surface area contributed by atoms with E-state index in [1.54, 1.807) is 24.3 Å².